The molecule has 0 spiro atoms. The van der Waals surface area contributed by atoms with E-state index in [2.05, 4.69) is 13.0 Å². The third-order valence-electron chi connectivity index (χ3n) is 3.20. The molecular formula is C14H21NO3. The average molecular weight is 251 g/mol. The smallest absolute Gasteiger partial charge is 0.409 e. The minimum atomic E-state index is -0.352. The molecule has 0 fully saturated rings. The average Bonchev–Trinajstić information content (AvgIpc) is 2.35. The molecule has 0 saturated carbocycles. The number of carbonyl (C=O) groups is 1. The highest BCUT2D eigenvalue weighted by atomic mass is 16.5. The lowest BCUT2D eigenvalue weighted by atomic mass is 9.98. The van der Waals surface area contributed by atoms with Crippen LogP contribution in [-0.2, 0) is 11.3 Å². The van der Waals surface area contributed by atoms with Gasteiger partial charge >= 0.3 is 6.09 Å². The van der Waals surface area contributed by atoms with Crippen LogP contribution in [0.1, 0.15) is 22.3 Å². The first-order valence-corrected chi connectivity index (χ1v) is 5.85. The number of carbonyl (C=O) groups excluding carboxylic acids is 1. The summed E-state index contributed by atoms with van der Waals surface area (Å²) in [5.74, 6) is 0.850. The van der Waals surface area contributed by atoms with E-state index in [1.54, 1.807) is 14.2 Å². The van der Waals surface area contributed by atoms with Crippen molar-refractivity contribution in [1.29, 1.82) is 0 Å². The van der Waals surface area contributed by atoms with Crippen molar-refractivity contribution in [3.8, 4) is 5.75 Å². The van der Waals surface area contributed by atoms with Crippen LogP contribution < -0.4 is 4.74 Å². The number of ether oxygens (including phenoxy) is 2. The first kappa shape index (κ1) is 14.4. The second kappa shape index (κ2) is 5.76. The first-order chi connectivity index (χ1) is 8.42. The van der Waals surface area contributed by atoms with Gasteiger partial charge in [0.2, 0.25) is 0 Å². The van der Waals surface area contributed by atoms with Crippen molar-refractivity contribution < 1.29 is 14.3 Å². The molecule has 1 aromatic carbocycles. The number of amides is 1. The Labute approximate surface area is 108 Å². The third kappa shape index (κ3) is 2.75. The standard InChI is InChI=1S/C14H21NO3/c1-9-7-10(2)12(13(17-5)11(9)3)8-15(4)14(16)18-6/h7H,8H2,1-6H3. The Kier molecular flexibility index (Phi) is 4.59. The van der Waals surface area contributed by atoms with Crippen molar-refractivity contribution in [3.05, 3.63) is 28.3 Å². The van der Waals surface area contributed by atoms with E-state index in [1.807, 2.05) is 13.8 Å². The molecule has 18 heavy (non-hydrogen) atoms. The lowest BCUT2D eigenvalue weighted by molar-refractivity contribution is 0.131. The van der Waals surface area contributed by atoms with Crippen LogP contribution in [0.25, 0.3) is 0 Å². The van der Waals surface area contributed by atoms with Gasteiger partial charge in [-0.1, -0.05) is 6.07 Å². The lowest BCUT2D eigenvalue weighted by Crippen LogP contribution is -2.26. The maximum Gasteiger partial charge on any atom is 0.409 e. The zero-order valence-corrected chi connectivity index (χ0v) is 12.0. The summed E-state index contributed by atoms with van der Waals surface area (Å²) >= 11 is 0. The number of benzene rings is 1. The molecule has 0 N–H and O–H groups in total. The van der Waals surface area contributed by atoms with Crippen molar-refractivity contribution in [2.75, 3.05) is 21.3 Å². The van der Waals surface area contributed by atoms with Crippen LogP contribution in [0.4, 0.5) is 4.79 Å². The van der Waals surface area contributed by atoms with Gasteiger partial charge in [0.05, 0.1) is 20.8 Å². The summed E-state index contributed by atoms with van der Waals surface area (Å²) in [6.45, 7) is 6.58. The van der Waals surface area contributed by atoms with E-state index in [0.29, 0.717) is 6.54 Å². The van der Waals surface area contributed by atoms with Crippen molar-refractivity contribution in [1.82, 2.24) is 4.90 Å². The summed E-state index contributed by atoms with van der Waals surface area (Å²) in [6.07, 6.45) is -0.352. The van der Waals surface area contributed by atoms with E-state index in [9.17, 15) is 4.79 Å². The van der Waals surface area contributed by atoms with E-state index in [1.165, 1.54) is 17.6 Å². The SMILES string of the molecule is COC(=O)N(C)Cc1c(C)cc(C)c(C)c1OC. The highest BCUT2D eigenvalue weighted by Crippen LogP contribution is 2.30. The monoisotopic (exact) mass is 251 g/mol. The molecule has 1 aromatic rings. The quantitative estimate of drug-likeness (QED) is 0.829. The number of aryl methyl sites for hydroxylation is 2. The summed E-state index contributed by atoms with van der Waals surface area (Å²) < 4.78 is 10.2. The zero-order valence-electron chi connectivity index (χ0n) is 12.0. The fraction of sp³-hybridized carbons (Fsp3) is 0.500. The highest BCUT2D eigenvalue weighted by Gasteiger charge is 2.16. The van der Waals surface area contributed by atoms with Gasteiger partial charge in [-0.3, -0.25) is 0 Å². The van der Waals surface area contributed by atoms with Gasteiger partial charge in [-0.2, -0.15) is 0 Å². The summed E-state index contributed by atoms with van der Waals surface area (Å²) in [4.78, 5) is 13.0. The van der Waals surface area contributed by atoms with Crippen LogP contribution in [0, 0.1) is 20.8 Å². The van der Waals surface area contributed by atoms with Crippen LogP contribution in [0.5, 0.6) is 5.75 Å². The molecule has 0 atom stereocenters. The Balaban J connectivity index is 3.16. The van der Waals surface area contributed by atoms with Crippen molar-refractivity contribution in [2.24, 2.45) is 0 Å². The highest BCUT2D eigenvalue weighted by molar-refractivity contribution is 5.67. The van der Waals surface area contributed by atoms with Crippen LogP contribution >= 0.6 is 0 Å². The predicted octanol–water partition coefficient (Wildman–Crippen LogP) is 2.82. The Bertz CT molecular complexity index is 455. The number of rotatable bonds is 3. The molecule has 4 nitrogen and oxygen atoms in total. The Hall–Kier alpha value is -1.71. The van der Waals surface area contributed by atoms with Gasteiger partial charge in [0, 0.05) is 12.6 Å². The molecule has 1 rings (SSSR count). The number of nitrogens with zero attached hydrogens (tertiary/aromatic N) is 1. The molecule has 0 aliphatic heterocycles. The van der Waals surface area contributed by atoms with Gasteiger partial charge in [-0.15, -0.1) is 0 Å². The molecule has 0 saturated heterocycles. The first-order valence-electron chi connectivity index (χ1n) is 5.85. The second-order valence-corrected chi connectivity index (χ2v) is 4.47. The third-order valence-corrected chi connectivity index (χ3v) is 3.20. The summed E-state index contributed by atoms with van der Waals surface area (Å²) in [6, 6.07) is 2.11. The van der Waals surface area contributed by atoms with Gasteiger partial charge in [0.1, 0.15) is 5.75 Å². The number of methoxy groups -OCH3 is 2. The van der Waals surface area contributed by atoms with Gasteiger partial charge in [-0.05, 0) is 37.5 Å². The van der Waals surface area contributed by atoms with Crippen molar-refractivity contribution in [3.63, 3.8) is 0 Å². The summed E-state index contributed by atoms with van der Waals surface area (Å²) in [5.41, 5.74) is 4.43. The van der Waals surface area contributed by atoms with E-state index in [4.69, 9.17) is 9.47 Å². The maximum absolute atomic E-state index is 11.4. The molecule has 1 amide bonds. The Morgan fingerprint density at radius 2 is 1.83 bits per heavy atom. The van der Waals surface area contributed by atoms with E-state index < -0.39 is 0 Å². The second-order valence-electron chi connectivity index (χ2n) is 4.47. The normalized spacial score (nSPS) is 10.1. The molecule has 0 radical (unpaired) electrons. The molecule has 0 aliphatic carbocycles. The largest absolute Gasteiger partial charge is 0.496 e. The van der Waals surface area contributed by atoms with Gasteiger partial charge in [-0.25, -0.2) is 4.79 Å². The van der Waals surface area contributed by atoms with Gasteiger partial charge in [0.15, 0.2) is 0 Å². The van der Waals surface area contributed by atoms with Crippen molar-refractivity contribution >= 4 is 6.09 Å². The maximum atomic E-state index is 11.4. The van der Waals surface area contributed by atoms with Crippen LogP contribution in [0.3, 0.4) is 0 Å². The molecule has 0 heterocycles. The van der Waals surface area contributed by atoms with Gasteiger partial charge in [0.25, 0.3) is 0 Å². The topological polar surface area (TPSA) is 38.8 Å². The van der Waals surface area contributed by atoms with Crippen LogP contribution in [0.15, 0.2) is 6.07 Å². The number of hydrogen-bond acceptors (Lipinski definition) is 3. The fourth-order valence-electron chi connectivity index (χ4n) is 2.03. The fourth-order valence-corrected chi connectivity index (χ4v) is 2.03. The van der Waals surface area contributed by atoms with E-state index in [0.717, 1.165) is 22.4 Å². The van der Waals surface area contributed by atoms with Crippen LogP contribution in [0.2, 0.25) is 0 Å². The van der Waals surface area contributed by atoms with Gasteiger partial charge < -0.3 is 14.4 Å². The van der Waals surface area contributed by atoms with E-state index >= 15 is 0 Å². The Morgan fingerprint density at radius 1 is 1.22 bits per heavy atom. The minimum absolute atomic E-state index is 0.352. The molecule has 4 heteroatoms. The summed E-state index contributed by atoms with van der Waals surface area (Å²) in [7, 11) is 4.74. The molecule has 0 unspecified atom stereocenters. The van der Waals surface area contributed by atoms with E-state index in [-0.39, 0.29) is 6.09 Å². The molecule has 0 aromatic heterocycles. The predicted molar refractivity (Wildman–Crippen MR) is 71.1 cm³/mol. The summed E-state index contributed by atoms with van der Waals surface area (Å²) in [5, 5.41) is 0. The number of hydrogen-bond donors (Lipinski definition) is 0. The van der Waals surface area contributed by atoms with Crippen molar-refractivity contribution in [2.45, 2.75) is 27.3 Å². The molecular weight excluding hydrogens is 230 g/mol. The minimum Gasteiger partial charge on any atom is -0.496 e. The zero-order chi connectivity index (χ0) is 13.9. The van der Waals surface area contributed by atoms with Crippen LogP contribution in [-0.4, -0.2) is 32.3 Å². The molecule has 100 valence electrons. The molecule has 0 bridgehead atoms. The molecule has 0 aliphatic rings. The Morgan fingerprint density at radius 3 is 2.33 bits per heavy atom. The lowest BCUT2D eigenvalue weighted by Gasteiger charge is -2.21.